The summed E-state index contributed by atoms with van der Waals surface area (Å²) in [5.74, 6) is -0.492. The average Bonchev–Trinajstić information content (AvgIpc) is 3.16. The number of anilines is 1. The van der Waals surface area contributed by atoms with Crippen molar-refractivity contribution in [3.63, 3.8) is 0 Å². The largest absolute Gasteiger partial charge is 0.493 e. The Balaban J connectivity index is 1.46. The summed E-state index contributed by atoms with van der Waals surface area (Å²) in [6.07, 6.45) is 1.45. The Morgan fingerprint density at radius 1 is 1.15 bits per heavy atom. The van der Waals surface area contributed by atoms with Crippen LogP contribution in [-0.4, -0.2) is 41.3 Å². The van der Waals surface area contributed by atoms with Crippen LogP contribution in [0.1, 0.15) is 16.7 Å². The van der Waals surface area contributed by atoms with Crippen molar-refractivity contribution in [3.8, 4) is 11.5 Å². The summed E-state index contributed by atoms with van der Waals surface area (Å²) < 4.78 is 11.8. The first-order valence-electron chi connectivity index (χ1n) is 11.6. The van der Waals surface area contributed by atoms with E-state index in [4.69, 9.17) is 9.47 Å². The summed E-state index contributed by atoms with van der Waals surface area (Å²) in [5, 5.41) is 16.2. The van der Waals surface area contributed by atoms with Gasteiger partial charge in [-0.25, -0.2) is 9.69 Å². The maximum atomic E-state index is 12.9. The normalized spacial score (nSPS) is 13.8. The third kappa shape index (κ3) is 6.60. The van der Waals surface area contributed by atoms with Gasteiger partial charge in [-0.15, -0.1) is 0 Å². The number of urea groups is 1. The Kier molecular flexibility index (Phi) is 8.25. The van der Waals surface area contributed by atoms with Gasteiger partial charge >= 0.3 is 6.03 Å². The molecule has 0 saturated carbocycles. The number of non-ortho nitro benzene ring substituents is 1. The molecule has 0 bridgehead atoms. The highest BCUT2D eigenvalue weighted by Gasteiger charge is 2.35. The van der Waals surface area contributed by atoms with Crippen molar-refractivity contribution >= 4 is 51.2 Å². The highest BCUT2D eigenvalue weighted by molar-refractivity contribution is 9.10. The fraction of sp³-hybridized carbons (Fsp3) is 0.148. The molecule has 0 aliphatic carbocycles. The van der Waals surface area contributed by atoms with Crippen molar-refractivity contribution in [1.82, 2.24) is 10.2 Å². The minimum Gasteiger partial charge on any atom is -0.493 e. The molecule has 1 saturated heterocycles. The molecule has 1 aliphatic heterocycles. The van der Waals surface area contributed by atoms with Gasteiger partial charge < -0.3 is 20.1 Å². The van der Waals surface area contributed by atoms with Gasteiger partial charge in [-0.05, 0) is 64.3 Å². The van der Waals surface area contributed by atoms with E-state index in [9.17, 15) is 24.5 Å². The van der Waals surface area contributed by atoms with Crippen molar-refractivity contribution in [2.24, 2.45) is 0 Å². The zero-order valence-electron chi connectivity index (χ0n) is 20.9. The van der Waals surface area contributed by atoms with E-state index in [1.807, 2.05) is 19.1 Å². The number of carbonyl (C=O) groups is 3. The quantitative estimate of drug-likeness (QED) is 0.157. The van der Waals surface area contributed by atoms with Gasteiger partial charge in [0, 0.05) is 17.8 Å². The molecule has 0 atom stereocenters. The molecule has 4 rings (SSSR count). The summed E-state index contributed by atoms with van der Waals surface area (Å²) in [6.45, 7) is 1.51. The van der Waals surface area contributed by atoms with Gasteiger partial charge in [0.1, 0.15) is 18.8 Å². The van der Waals surface area contributed by atoms with E-state index in [-0.39, 0.29) is 18.0 Å². The number of rotatable bonds is 9. The first kappa shape index (κ1) is 27.3. The van der Waals surface area contributed by atoms with Crippen molar-refractivity contribution < 1.29 is 28.8 Å². The van der Waals surface area contributed by atoms with E-state index in [0.717, 1.165) is 10.5 Å². The van der Waals surface area contributed by atoms with Crippen LogP contribution < -0.4 is 20.1 Å². The number of benzene rings is 3. The molecule has 0 aromatic heterocycles. The van der Waals surface area contributed by atoms with Gasteiger partial charge in [-0.3, -0.25) is 19.7 Å². The monoisotopic (exact) mass is 594 g/mol. The SMILES string of the molecule is COc1cc(/C=C2/NC(=O)N(CC(=O)Nc3ccc(C)cc3)C2=O)cc(Br)c1OCc1cccc([N+](=O)[O-])c1. The second-order valence-corrected chi connectivity index (χ2v) is 9.40. The number of carbonyl (C=O) groups excluding carboxylic acids is 3. The number of hydrogen-bond acceptors (Lipinski definition) is 7. The van der Waals surface area contributed by atoms with Gasteiger partial charge in [-0.2, -0.15) is 0 Å². The lowest BCUT2D eigenvalue weighted by Crippen LogP contribution is -2.38. The standard InChI is InChI=1S/C27H23BrN4O7/c1-16-6-8-19(9-7-16)29-24(33)14-31-26(34)22(30-27(31)35)12-18-11-21(28)25(23(13-18)38-2)39-15-17-4-3-5-20(10-17)32(36)37/h3-13H,14-15H2,1-2H3,(H,29,33)(H,30,35)/b22-12+. The van der Waals surface area contributed by atoms with Gasteiger partial charge in [0.25, 0.3) is 11.6 Å². The average molecular weight is 595 g/mol. The number of ether oxygens (including phenoxy) is 2. The zero-order chi connectivity index (χ0) is 28.1. The fourth-order valence-corrected chi connectivity index (χ4v) is 4.32. The van der Waals surface area contributed by atoms with Crippen molar-refractivity contribution in [2.45, 2.75) is 13.5 Å². The molecule has 11 nitrogen and oxygen atoms in total. The Morgan fingerprint density at radius 2 is 1.90 bits per heavy atom. The lowest BCUT2D eigenvalue weighted by Gasteiger charge is -2.14. The van der Waals surface area contributed by atoms with Crippen LogP contribution in [-0.2, 0) is 16.2 Å². The molecule has 0 radical (unpaired) electrons. The molecular formula is C27H23BrN4O7. The molecule has 200 valence electrons. The molecule has 1 heterocycles. The number of imide groups is 1. The highest BCUT2D eigenvalue weighted by Crippen LogP contribution is 2.38. The van der Waals surface area contributed by atoms with Crippen LogP contribution in [0, 0.1) is 17.0 Å². The van der Waals surface area contributed by atoms with Crippen molar-refractivity contribution in [1.29, 1.82) is 0 Å². The Labute approximate surface area is 231 Å². The maximum absolute atomic E-state index is 12.9. The Bertz CT molecular complexity index is 1490. The van der Waals surface area contributed by atoms with E-state index in [1.54, 1.807) is 36.4 Å². The second-order valence-electron chi connectivity index (χ2n) is 8.54. The maximum Gasteiger partial charge on any atom is 0.329 e. The van der Waals surface area contributed by atoms with E-state index in [1.165, 1.54) is 25.3 Å². The molecule has 4 amide bonds. The van der Waals surface area contributed by atoms with Crippen LogP contribution in [0.15, 0.2) is 70.8 Å². The Hall–Kier alpha value is -4.71. The fourth-order valence-electron chi connectivity index (χ4n) is 3.74. The van der Waals surface area contributed by atoms with E-state index < -0.39 is 29.3 Å². The summed E-state index contributed by atoms with van der Waals surface area (Å²) in [7, 11) is 1.44. The number of aryl methyl sites for hydroxylation is 1. The van der Waals surface area contributed by atoms with Crippen molar-refractivity contribution in [2.75, 3.05) is 19.0 Å². The number of halogens is 1. The number of hydrogen-bond donors (Lipinski definition) is 2. The summed E-state index contributed by atoms with van der Waals surface area (Å²) in [5.41, 5.74) is 2.63. The summed E-state index contributed by atoms with van der Waals surface area (Å²) >= 11 is 3.43. The summed E-state index contributed by atoms with van der Waals surface area (Å²) in [4.78, 5) is 49.1. The molecule has 3 aromatic carbocycles. The van der Waals surface area contributed by atoms with E-state index in [2.05, 4.69) is 26.6 Å². The Morgan fingerprint density at radius 3 is 2.59 bits per heavy atom. The first-order valence-corrected chi connectivity index (χ1v) is 12.4. The molecule has 1 aliphatic rings. The molecule has 2 N–H and O–H groups in total. The van der Waals surface area contributed by atoms with Crippen LogP contribution >= 0.6 is 15.9 Å². The predicted octanol–water partition coefficient (Wildman–Crippen LogP) is 4.78. The van der Waals surface area contributed by atoms with Gasteiger partial charge in [-0.1, -0.05) is 29.8 Å². The zero-order valence-corrected chi connectivity index (χ0v) is 22.5. The highest BCUT2D eigenvalue weighted by atomic mass is 79.9. The van der Waals surface area contributed by atoms with Crippen LogP contribution in [0.25, 0.3) is 6.08 Å². The smallest absolute Gasteiger partial charge is 0.329 e. The number of amides is 4. The summed E-state index contributed by atoms with van der Waals surface area (Å²) in [6, 6.07) is 15.8. The van der Waals surface area contributed by atoms with Gasteiger partial charge in [0.05, 0.1) is 16.5 Å². The molecule has 39 heavy (non-hydrogen) atoms. The topological polar surface area (TPSA) is 140 Å². The number of methoxy groups -OCH3 is 1. The minimum atomic E-state index is -0.715. The van der Waals surface area contributed by atoms with Crippen LogP contribution in [0.2, 0.25) is 0 Å². The molecule has 1 fully saturated rings. The second kappa shape index (κ2) is 11.8. The molecule has 0 spiro atoms. The number of nitrogens with one attached hydrogen (secondary N) is 2. The van der Waals surface area contributed by atoms with Crippen LogP contribution in [0.3, 0.4) is 0 Å². The third-order valence-corrected chi connectivity index (χ3v) is 6.26. The first-order chi connectivity index (χ1) is 18.6. The van der Waals surface area contributed by atoms with Crippen LogP contribution in [0.5, 0.6) is 11.5 Å². The van der Waals surface area contributed by atoms with E-state index >= 15 is 0 Å². The number of nitrogens with zero attached hydrogens (tertiary/aromatic N) is 2. The van der Waals surface area contributed by atoms with Crippen LogP contribution in [0.4, 0.5) is 16.2 Å². The number of nitro benzene ring substituents is 1. The molecule has 0 unspecified atom stereocenters. The lowest BCUT2D eigenvalue weighted by molar-refractivity contribution is -0.384. The third-order valence-electron chi connectivity index (χ3n) is 5.67. The molecule has 12 heteroatoms. The van der Waals surface area contributed by atoms with Gasteiger partial charge in [0.2, 0.25) is 5.91 Å². The molecule has 3 aromatic rings. The lowest BCUT2D eigenvalue weighted by atomic mass is 10.1. The molecular weight excluding hydrogens is 572 g/mol. The number of nitro groups is 1. The minimum absolute atomic E-state index is 0.0117. The van der Waals surface area contributed by atoms with Crippen molar-refractivity contribution in [3.05, 3.63) is 97.6 Å². The van der Waals surface area contributed by atoms with E-state index in [0.29, 0.717) is 32.8 Å². The predicted molar refractivity (Wildman–Crippen MR) is 146 cm³/mol. The van der Waals surface area contributed by atoms with Gasteiger partial charge in [0.15, 0.2) is 11.5 Å².